The van der Waals surface area contributed by atoms with Crippen molar-refractivity contribution in [1.82, 2.24) is 4.90 Å². The van der Waals surface area contributed by atoms with E-state index in [1.54, 1.807) is 21.0 Å². The van der Waals surface area contributed by atoms with Crippen molar-refractivity contribution in [2.24, 2.45) is 5.41 Å². The number of rotatable bonds is 6. The first-order valence-electron chi connectivity index (χ1n) is 7.61. The van der Waals surface area contributed by atoms with E-state index in [9.17, 15) is 9.90 Å². The third kappa shape index (κ3) is 4.21. The molecule has 1 heterocycles. The summed E-state index contributed by atoms with van der Waals surface area (Å²) in [6.45, 7) is 7.64. The van der Waals surface area contributed by atoms with E-state index in [1.165, 1.54) is 0 Å². The Morgan fingerprint density at radius 2 is 2.05 bits per heavy atom. The van der Waals surface area contributed by atoms with Gasteiger partial charge in [-0.1, -0.05) is 12.1 Å². The number of aliphatic carboxylic acids is 1. The quantitative estimate of drug-likeness (QED) is 0.873. The van der Waals surface area contributed by atoms with Crippen LogP contribution in [0.4, 0.5) is 0 Å². The lowest BCUT2D eigenvalue weighted by atomic mass is 9.85. The van der Waals surface area contributed by atoms with Gasteiger partial charge < -0.3 is 14.6 Å². The molecule has 1 saturated heterocycles. The van der Waals surface area contributed by atoms with Gasteiger partial charge in [0.15, 0.2) is 0 Å². The first-order valence-corrected chi connectivity index (χ1v) is 7.61. The number of methoxy groups -OCH3 is 1. The van der Waals surface area contributed by atoms with Gasteiger partial charge in [0.1, 0.15) is 5.75 Å². The van der Waals surface area contributed by atoms with Gasteiger partial charge in [-0.2, -0.15) is 0 Å². The van der Waals surface area contributed by atoms with Crippen molar-refractivity contribution < 1.29 is 19.4 Å². The van der Waals surface area contributed by atoms with Gasteiger partial charge in [0, 0.05) is 25.2 Å². The van der Waals surface area contributed by atoms with Crippen molar-refractivity contribution in [2.75, 3.05) is 33.4 Å². The monoisotopic (exact) mass is 307 g/mol. The molecule has 1 fully saturated rings. The lowest BCUT2D eigenvalue weighted by Crippen LogP contribution is -2.35. The second kappa shape index (κ2) is 7.11. The van der Waals surface area contributed by atoms with Crippen molar-refractivity contribution in [3.8, 4) is 5.75 Å². The van der Waals surface area contributed by atoms with E-state index in [-0.39, 0.29) is 0 Å². The molecule has 5 heteroatoms. The summed E-state index contributed by atoms with van der Waals surface area (Å²) in [6, 6.07) is 5.95. The average Bonchev–Trinajstić information content (AvgIpc) is 2.48. The standard InChI is InChI=1S/C17H25NO4/c1-17(2,16(19)20)11-13-4-5-15(21-3)14(10-13)12-18-6-8-22-9-7-18/h4-5,10H,6-9,11-12H2,1-3H3,(H,19,20). The molecule has 22 heavy (non-hydrogen) atoms. The Balaban J connectivity index is 2.16. The van der Waals surface area contributed by atoms with E-state index in [4.69, 9.17) is 9.47 Å². The minimum absolute atomic E-state index is 0.502. The number of carboxylic acids is 1. The largest absolute Gasteiger partial charge is 0.496 e. The van der Waals surface area contributed by atoms with Crippen LogP contribution in [0.5, 0.6) is 5.75 Å². The van der Waals surface area contributed by atoms with E-state index in [0.29, 0.717) is 6.42 Å². The van der Waals surface area contributed by atoms with E-state index >= 15 is 0 Å². The number of benzene rings is 1. The number of carbonyl (C=O) groups is 1. The molecule has 0 amide bonds. The summed E-state index contributed by atoms with van der Waals surface area (Å²) in [5, 5.41) is 9.29. The van der Waals surface area contributed by atoms with E-state index in [0.717, 1.165) is 49.7 Å². The minimum atomic E-state index is -0.780. The summed E-state index contributed by atoms with van der Waals surface area (Å²) in [6.07, 6.45) is 0.502. The lowest BCUT2D eigenvalue weighted by Gasteiger charge is -2.27. The Morgan fingerprint density at radius 1 is 1.36 bits per heavy atom. The molecule has 0 saturated carbocycles. The molecule has 2 rings (SSSR count). The number of hydrogen-bond acceptors (Lipinski definition) is 4. The molecule has 5 nitrogen and oxygen atoms in total. The Labute approximate surface area is 131 Å². The van der Waals surface area contributed by atoms with Gasteiger partial charge in [-0.3, -0.25) is 9.69 Å². The number of carboxylic acid groups (broad SMARTS) is 1. The normalized spacial score (nSPS) is 16.5. The topological polar surface area (TPSA) is 59.0 Å². The molecule has 0 aliphatic carbocycles. The third-order valence-corrected chi connectivity index (χ3v) is 4.07. The fourth-order valence-electron chi connectivity index (χ4n) is 2.65. The molecule has 1 aliphatic rings. The highest BCUT2D eigenvalue weighted by Crippen LogP contribution is 2.27. The molecule has 122 valence electrons. The van der Waals surface area contributed by atoms with Crippen molar-refractivity contribution in [3.63, 3.8) is 0 Å². The van der Waals surface area contributed by atoms with Crippen LogP contribution in [0.1, 0.15) is 25.0 Å². The molecule has 1 aromatic rings. The molecule has 1 N–H and O–H groups in total. The van der Waals surface area contributed by atoms with Gasteiger partial charge in [0.25, 0.3) is 0 Å². The van der Waals surface area contributed by atoms with E-state index in [1.807, 2.05) is 12.1 Å². The summed E-state index contributed by atoms with van der Waals surface area (Å²) < 4.78 is 10.8. The predicted octanol–water partition coefficient (Wildman–Crippen LogP) is 2.18. The van der Waals surface area contributed by atoms with Crippen molar-refractivity contribution in [1.29, 1.82) is 0 Å². The van der Waals surface area contributed by atoms with Crippen LogP contribution in [0.2, 0.25) is 0 Å². The summed E-state index contributed by atoms with van der Waals surface area (Å²) in [5.41, 5.74) is 1.35. The number of morpholine rings is 1. The molecular weight excluding hydrogens is 282 g/mol. The maximum absolute atomic E-state index is 11.3. The lowest BCUT2D eigenvalue weighted by molar-refractivity contribution is -0.146. The van der Waals surface area contributed by atoms with Crippen LogP contribution < -0.4 is 4.74 Å². The zero-order chi connectivity index (χ0) is 16.2. The summed E-state index contributed by atoms with van der Waals surface area (Å²) in [5.74, 6) is 0.0708. The maximum Gasteiger partial charge on any atom is 0.309 e. The van der Waals surface area contributed by atoms with Crippen LogP contribution in [0.25, 0.3) is 0 Å². The fraction of sp³-hybridized carbons (Fsp3) is 0.588. The molecule has 1 aromatic carbocycles. The van der Waals surface area contributed by atoms with Gasteiger partial charge in [0.05, 0.1) is 25.7 Å². The highest BCUT2D eigenvalue weighted by Gasteiger charge is 2.27. The van der Waals surface area contributed by atoms with Crippen LogP contribution in [0.3, 0.4) is 0 Å². The summed E-state index contributed by atoms with van der Waals surface area (Å²) in [7, 11) is 1.67. The maximum atomic E-state index is 11.3. The Kier molecular flexibility index (Phi) is 5.42. The predicted molar refractivity (Wildman–Crippen MR) is 84.2 cm³/mol. The second-order valence-electron chi connectivity index (χ2n) is 6.40. The summed E-state index contributed by atoms with van der Waals surface area (Å²) >= 11 is 0. The Morgan fingerprint density at radius 3 is 2.64 bits per heavy atom. The van der Waals surface area contributed by atoms with Crippen molar-refractivity contribution in [3.05, 3.63) is 29.3 Å². The van der Waals surface area contributed by atoms with Crippen LogP contribution in [-0.4, -0.2) is 49.4 Å². The van der Waals surface area contributed by atoms with Gasteiger partial charge in [-0.05, 0) is 31.9 Å². The van der Waals surface area contributed by atoms with Crippen LogP contribution in [-0.2, 0) is 22.5 Å². The molecule has 0 unspecified atom stereocenters. The molecule has 0 aromatic heterocycles. The van der Waals surface area contributed by atoms with E-state index < -0.39 is 11.4 Å². The zero-order valence-corrected chi connectivity index (χ0v) is 13.6. The Hall–Kier alpha value is -1.59. The molecule has 0 bridgehead atoms. The number of hydrogen-bond donors (Lipinski definition) is 1. The highest BCUT2D eigenvalue weighted by atomic mass is 16.5. The molecule has 0 spiro atoms. The van der Waals surface area contributed by atoms with Crippen LogP contribution in [0, 0.1) is 5.41 Å². The molecule has 0 atom stereocenters. The minimum Gasteiger partial charge on any atom is -0.496 e. The molecular formula is C17H25NO4. The molecule has 1 aliphatic heterocycles. The average molecular weight is 307 g/mol. The first-order chi connectivity index (χ1) is 10.4. The van der Waals surface area contributed by atoms with Crippen molar-refractivity contribution >= 4 is 5.97 Å². The second-order valence-corrected chi connectivity index (χ2v) is 6.40. The SMILES string of the molecule is COc1ccc(CC(C)(C)C(=O)O)cc1CN1CCOCC1. The zero-order valence-electron chi connectivity index (χ0n) is 13.6. The number of ether oxygens (including phenoxy) is 2. The van der Waals surface area contributed by atoms with Crippen molar-refractivity contribution in [2.45, 2.75) is 26.8 Å². The first kappa shape index (κ1) is 16.8. The van der Waals surface area contributed by atoms with E-state index in [2.05, 4.69) is 11.0 Å². The fourth-order valence-corrected chi connectivity index (χ4v) is 2.65. The van der Waals surface area contributed by atoms with Gasteiger partial charge in [0.2, 0.25) is 0 Å². The third-order valence-electron chi connectivity index (χ3n) is 4.07. The Bertz CT molecular complexity index is 521. The van der Waals surface area contributed by atoms with Gasteiger partial charge in [-0.25, -0.2) is 0 Å². The highest BCUT2D eigenvalue weighted by molar-refractivity contribution is 5.74. The number of nitrogens with zero attached hydrogens (tertiary/aromatic N) is 1. The molecule has 0 radical (unpaired) electrons. The summed E-state index contributed by atoms with van der Waals surface area (Å²) in [4.78, 5) is 13.6. The van der Waals surface area contributed by atoms with Crippen LogP contribution in [0.15, 0.2) is 18.2 Å². The van der Waals surface area contributed by atoms with Crippen LogP contribution >= 0.6 is 0 Å². The van der Waals surface area contributed by atoms with Gasteiger partial charge >= 0.3 is 5.97 Å². The smallest absolute Gasteiger partial charge is 0.309 e. The van der Waals surface area contributed by atoms with Gasteiger partial charge in [-0.15, -0.1) is 0 Å².